The molecule has 8 nitrogen and oxygen atoms in total. The van der Waals surface area contributed by atoms with Crippen LogP contribution in [0.1, 0.15) is 40.9 Å². The summed E-state index contributed by atoms with van der Waals surface area (Å²) in [5.41, 5.74) is 2.11. The summed E-state index contributed by atoms with van der Waals surface area (Å²) in [6.07, 6.45) is 5.06. The van der Waals surface area contributed by atoms with Crippen LogP contribution < -0.4 is 10.1 Å². The van der Waals surface area contributed by atoms with Crippen LogP contribution in [0.15, 0.2) is 73.2 Å². The zero-order valence-corrected chi connectivity index (χ0v) is 17.2. The number of aromatic nitrogens is 3. The largest absolute Gasteiger partial charge is 0.478 e. The van der Waals surface area contributed by atoms with Crippen LogP contribution in [0.3, 0.4) is 0 Å². The average molecular weight is 428 g/mol. The molecule has 4 aromatic rings. The lowest BCUT2D eigenvalue weighted by Gasteiger charge is -2.23. The van der Waals surface area contributed by atoms with Crippen LogP contribution in [-0.4, -0.2) is 32.0 Å². The van der Waals surface area contributed by atoms with E-state index in [2.05, 4.69) is 20.3 Å². The van der Waals surface area contributed by atoms with Gasteiger partial charge in [0.25, 0.3) is 0 Å². The number of rotatable bonds is 7. The Hall–Kier alpha value is -4.33. The minimum atomic E-state index is -1.01. The summed E-state index contributed by atoms with van der Waals surface area (Å²) in [5.74, 6) is -0.695. The second kappa shape index (κ2) is 9.22. The monoisotopic (exact) mass is 428 g/mol. The van der Waals surface area contributed by atoms with E-state index in [1.807, 2.05) is 24.3 Å². The number of hydrogen-bond acceptors (Lipinski definition) is 7. The molecule has 8 heteroatoms. The molecular formula is C24H20N4O4. The van der Waals surface area contributed by atoms with Gasteiger partial charge in [0, 0.05) is 36.0 Å². The van der Waals surface area contributed by atoms with E-state index >= 15 is 0 Å². The van der Waals surface area contributed by atoms with Gasteiger partial charge < -0.3 is 15.2 Å². The van der Waals surface area contributed by atoms with Crippen molar-refractivity contribution < 1.29 is 19.4 Å². The van der Waals surface area contributed by atoms with Crippen LogP contribution in [-0.2, 0) is 4.79 Å². The molecule has 2 heterocycles. The molecular weight excluding hydrogens is 408 g/mol. The number of nitrogens with one attached hydrogen (secondary N) is 1. The highest BCUT2D eigenvalue weighted by Gasteiger charge is 2.24. The van der Waals surface area contributed by atoms with Crippen LogP contribution in [0, 0.1) is 0 Å². The lowest BCUT2D eigenvalue weighted by Crippen LogP contribution is -2.17. The topological polar surface area (TPSA) is 114 Å². The number of nitrogens with zero attached hydrogens (tertiary/aromatic N) is 3. The standard InChI is InChI=1S/C24H20N4O4/c1-2-19(29)32-22-18(11-10-15-5-3-12-25-21(15)22)20(28-24-26-13-4-14-27-24)16-6-8-17(9-7-16)23(30)31/h3-14,20H,2H2,1H3,(H,30,31)(H,26,27,28). The zero-order chi connectivity index (χ0) is 22.5. The van der Waals surface area contributed by atoms with Gasteiger partial charge in [-0.05, 0) is 29.8 Å². The Kier molecular flexibility index (Phi) is 6.03. The van der Waals surface area contributed by atoms with Gasteiger partial charge in [0.1, 0.15) is 5.52 Å². The molecule has 2 aromatic heterocycles. The first kappa shape index (κ1) is 20.9. The van der Waals surface area contributed by atoms with Gasteiger partial charge in [-0.15, -0.1) is 0 Å². The number of carbonyl (C=O) groups is 2. The fraction of sp³-hybridized carbons (Fsp3) is 0.125. The van der Waals surface area contributed by atoms with Gasteiger partial charge in [-0.2, -0.15) is 0 Å². The first-order valence-electron chi connectivity index (χ1n) is 10.0. The van der Waals surface area contributed by atoms with E-state index in [0.717, 1.165) is 10.9 Å². The molecule has 0 saturated heterocycles. The summed E-state index contributed by atoms with van der Waals surface area (Å²) in [6.45, 7) is 1.72. The fourth-order valence-electron chi connectivity index (χ4n) is 3.32. The van der Waals surface area contributed by atoms with E-state index in [-0.39, 0.29) is 18.0 Å². The maximum Gasteiger partial charge on any atom is 0.335 e. The third-order valence-electron chi connectivity index (χ3n) is 4.90. The molecule has 1 atom stereocenters. The molecule has 32 heavy (non-hydrogen) atoms. The highest BCUT2D eigenvalue weighted by atomic mass is 16.5. The number of carbonyl (C=O) groups excluding carboxylic acids is 1. The molecule has 0 aliphatic carbocycles. The van der Waals surface area contributed by atoms with Gasteiger partial charge in [0.15, 0.2) is 5.75 Å². The molecule has 160 valence electrons. The number of hydrogen-bond donors (Lipinski definition) is 2. The third-order valence-corrected chi connectivity index (χ3v) is 4.90. The Morgan fingerprint density at radius 1 is 0.969 bits per heavy atom. The predicted molar refractivity (Wildman–Crippen MR) is 119 cm³/mol. The number of benzene rings is 2. The van der Waals surface area contributed by atoms with Gasteiger partial charge in [0.05, 0.1) is 11.6 Å². The van der Waals surface area contributed by atoms with E-state index in [4.69, 9.17) is 4.74 Å². The summed E-state index contributed by atoms with van der Waals surface area (Å²) in [7, 11) is 0. The van der Waals surface area contributed by atoms with Gasteiger partial charge in [-0.1, -0.05) is 37.3 Å². The van der Waals surface area contributed by atoms with E-state index in [0.29, 0.717) is 22.8 Å². The number of pyridine rings is 1. The van der Waals surface area contributed by atoms with Gasteiger partial charge >= 0.3 is 11.9 Å². The highest BCUT2D eigenvalue weighted by Crippen LogP contribution is 2.37. The second-order valence-electron chi connectivity index (χ2n) is 6.96. The number of ether oxygens (including phenoxy) is 1. The number of anilines is 1. The van der Waals surface area contributed by atoms with Crippen LogP contribution in [0.5, 0.6) is 5.75 Å². The van der Waals surface area contributed by atoms with Crippen molar-refractivity contribution in [2.75, 3.05) is 5.32 Å². The summed E-state index contributed by atoms with van der Waals surface area (Å²) in [5, 5.41) is 13.3. The van der Waals surface area contributed by atoms with E-state index in [1.165, 1.54) is 12.1 Å². The molecule has 1 unspecified atom stereocenters. The molecule has 0 radical (unpaired) electrons. The Balaban J connectivity index is 1.89. The van der Waals surface area contributed by atoms with Crippen molar-refractivity contribution in [2.45, 2.75) is 19.4 Å². The minimum Gasteiger partial charge on any atom is -0.478 e. The third kappa shape index (κ3) is 4.39. The van der Waals surface area contributed by atoms with Crippen LogP contribution in [0.2, 0.25) is 0 Å². The molecule has 0 amide bonds. The van der Waals surface area contributed by atoms with Crippen molar-refractivity contribution in [2.24, 2.45) is 0 Å². The number of fused-ring (bicyclic) bond motifs is 1. The number of carboxylic acids is 1. The molecule has 0 aliphatic heterocycles. The first-order valence-corrected chi connectivity index (χ1v) is 10.0. The average Bonchev–Trinajstić information content (AvgIpc) is 2.83. The molecule has 0 bridgehead atoms. The normalized spacial score (nSPS) is 11.7. The van der Waals surface area contributed by atoms with E-state index < -0.39 is 12.0 Å². The Bertz CT molecular complexity index is 1260. The molecule has 2 aromatic carbocycles. The summed E-state index contributed by atoms with van der Waals surface area (Å²) in [6, 6.07) is 15.1. The van der Waals surface area contributed by atoms with Gasteiger partial charge in [-0.3, -0.25) is 9.78 Å². The number of esters is 1. The lowest BCUT2D eigenvalue weighted by molar-refractivity contribution is -0.133. The Morgan fingerprint density at radius 2 is 1.69 bits per heavy atom. The number of aromatic carboxylic acids is 1. The van der Waals surface area contributed by atoms with Gasteiger partial charge in [-0.25, -0.2) is 14.8 Å². The van der Waals surface area contributed by atoms with E-state index in [1.54, 1.807) is 43.7 Å². The first-order chi connectivity index (χ1) is 15.6. The van der Waals surface area contributed by atoms with Crippen molar-refractivity contribution in [3.05, 3.63) is 89.9 Å². The van der Waals surface area contributed by atoms with Gasteiger partial charge in [0.2, 0.25) is 5.95 Å². The SMILES string of the molecule is CCC(=O)Oc1c(C(Nc2ncccn2)c2ccc(C(=O)O)cc2)ccc2cccnc12. The van der Waals surface area contributed by atoms with Crippen molar-refractivity contribution >= 4 is 28.8 Å². The van der Waals surface area contributed by atoms with Crippen molar-refractivity contribution in [1.82, 2.24) is 15.0 Å². The van der Waals surface area contributed by atoms with Crippen molar-refractivity contribution in [1.29, 1.82) is 0 Å². The molecule has 4 rings (SSSR count). The second-order valence-corrected chi connectivity index (χ2v) is 6.96. The summed E-state index contributed by atoms with van der Waals surface area (Å²) < 4.78 is 5.73. The highest BCUT2D eigenvalue weighted by molar-refractivity contribution is 5.89. The number of carboxylic acid groups (broad SMARTS) is 1. The smallest absolute Gasteiger partial charge is 0.335 e. The quantitative estimate of drug-likeness (QED) is 0.332. The van der Waals surface area contributed by atoms with Crippen LogP contribution >= 0.6 is 0 Å². The van der Waals surface area contributed by atoms with Crippen LogP contribution in [0.25, 0.3) is 10.9 Å². The van der Waals surface area contributed by atoms with Crippen molar-refractivity contribution in [3.63, 3.8) is 0 Å². The molecule has 0 aliphatic rings. The predicted octanol–water partition coefficient (Wildman–Crippen LogP) is 4.24. The van der Waals surface area contributed by atoms with Crippen molar-refractivity contribution in [3.8, 4) is 5.75 Å². The maximum atomic E-state index is 12.3. The molecule has 2 N–H and O–H groups in total. The Labute approximate surface area is 183 Å². The molecule has 0 fully saturated rings. The summed E-state index contributed by atoms with van der Waals surface area (Å²) >= 11 is 0. The fourth-order valence-corrected chi connectivity index (χ4v) is 3.32. The molecule has 0 spiro atoms. The lowest BCUT2D eigenvalue weighted by atomic mass is 9.95. The van der Waals surface area contributed by atoms with Crippen LogP contribution in [0.4, 0.5) is 5.95 Å². The zero-order valence-electron chi connectivity index (χ0n) is 17.2. The maximum absolute atomic E-state index is 12.3. The summed E-state index contributed by atoms with van der Waals surface area (Å²) in [4.78, 5) is 36.5. The molecule has 0 saturated carbocycles. The van der Waals surface area contributed by atoms with E-state index in [9.17, 15) is 14.7 Å². The Morgan fingerprint density at radius 3 is 2.38 bits per heavy atom. The minimum absolute atomic E-state index is 0.168.